The molecule has 102 valence electrons. The van der Waals surface area contributed by atoms with Crippen molar-refractivity contribution < 1.29 is 9.35 Å². The summed E-state index contributed by atoms with van der Waals surface area (Å²) in [5.41, 5.74) is 0.700. The van der Waals surface area contributed by atoms with Crippen molar-refractivity contribution in [2.45, 2.75) is 31.6 Å². The van der Waals surface area contributed by atoms with Gasteiger partial charge in [-0.1, -0.05) is 11.6 Å². The molecule has 0 radical (unpaired) electrons. The standard InChI is InChI=1S/C10H17ClN4O2S/c1-6(7-5-13-15(4)8(7)11)14-9(16)10(2,3)18(12)17/h5-6H,12H2,1-4H3,(H,14,16)/t6-,18?/m1/s1. The highest BCUT2D eigenvalue weighted by molar-refractivity contribution is 7.91. The highest BCUT2D eigenvalue weighted by Gasteiger charge is 2.39. The molecule has 0 bridgehead atoms. The first kappa shape index (κ1) is 15.3. The van der Waals surface area contributed by atoms with Gasteiger partial charge < -0.3 is 9.87 Å². The monoisotopic (exact) mass is 292 g/mol. The fraction of sp³-hybridized carbons (Fsp3) is 0.600. The van der Waals surface area contributed by atoms with Crippen LogP contribution in [0.3, 0.4) is 0 Å². The third kappa shape index (κ3) is 2.97. The van der Waals surface area contributed by atoms with Crippen LogP contribution in [0, 0.1) is 0 Å². The zero-order chi connectivity index (χ0) is 14.1. The van der Waals surface area contributed by atoms with Gasteiger partial charge in [-0.05, 0) is 20.8 Å². The van der Waals surface area contributed by atoms with E-state index in [1.54, 1.807) is 20.2 Å². The van der Waals surface area contributed by atoms with Gasteiger partial charge in [-0.15, -0.1) is 0 Å². The zero-order valence-electron chi connectivity index (χ0n) is 10.7. The molecule has 1 unspecified atom stereocenters. The number of nitrogens with zero attached hydrogens (tertiary/aromatic N) is 2. The summed E-state index contributed by atoms with van der Waals surface area (Å²) in [7, 11) is 1.71. The van der Waals surface area contributed by atoms with E-state index in [0.29, 0.717) is 10.7 Å². The summed E-state index contributed by atoms with van der Waals surface area (Å²) in [5, 5.41) is 12.5. The number of carbonyl (C=O) groups excluding carboxylic acids is 1. The number of carbonyl (C=O) groups is 1. The molecule has 1 rings (SSSR count). The highest BCUT2D eigenvalue weighted by atomic mass is 35.5. The van der Waals surface area contributed by atoms with Gasteiger partial charge in [0, 0.05) is 12.6 Å². The molecule has 1 amide bonds. The Morgan fingerprint density at radius 3 is 2.67 bits per heavy atom. The predicted molar refractivity (Wildman–Crippen MR) is 71.2 cm³/mol. The van der Waals surface area contributed by atoms with Crippen LogP contribution in [-0.4, -0.2) is 25.0 Å². The van der Waals surface area contributed by atoms with Gasteiger partial charge in [0.15, 0.2) is 0 Å². The van der Waals surface area contributed by atoms with E-state index in [4.69, 9.17) is 16.7 Å². The fourth-order valence-corrected chi connectivity index (χ4v) is 1.77. The van der Waals surface area contributed by atoms with E-state index in [-0.39, 0.29) is 6.04 Å². The Bertz CT molecular complexity index is 447. The van der Waals surface area contributed by atoms with Gasteiger partial charge in [0.05, 0.1) is 23.6 Å². The first-order valence-corrected chi connectivity index (χ1v) is 6.91. The molecule has 0 fully saturated rings. The van der Waals surface area contributed by atoms with Crippen LogP contribution in [0.5, 0.6) is 0 Å². The van der Waals surface area contributed by atoms with Gasteiger partial charge in [-0.2, -0.15) is 10.2 Å². The number of amides is 1. The number of nitrogens with one attached hydrogen (secondary N) is 1. The third-order valence-electron chi connectivity index (χ3n) is 2.76. The second-order valence-electron chi connectivity index (χ2n) is 4.52. The molecule has 1 aromatic rings. The smallest absolute Gasteiger partial charge is 0.278 e. The van der Waals surface area contributed by atoms with Gasteiger partial charge in [0.25, 0.3) is 5.91 Å². The van der Waals surface area contributed by atoms with Gasteiger partial charge >= 0.3 is 0 Å². The van der Waals surface area contributed by atoms with Crippen LogP contribution in [0.15, 0.2) is 6.20 Å². The Labute approximate surface area is 114 Å². The molecule has 0 saturated carbocycles. The minimum atomic E-state index is -1.74. The van der Waals surface area contributed by atoms with Crippen molar-refractivity contribution in [2.24, 2.45) is 12.2 Å². The maximum atomic E-state index is 12.0. The topological polar surface area (TPSA) is 96.0 Å². The van der Waals surface area contributed by atoms with E-state index in [9.17, 15) is 9.35 Å². The Kier molecular flexibility index (Phi) is 4.66. The second kappa shape index (κ2) is 5.48. The molecule has 0 saturated heterocycles. The van der Waals surface area contributed by atoms with Crippen molar-refractivity contribution in [3.8, 4) is 0 Å². The normalized spacial score (nSPS) is 15.3. The molecule has 18 heavy (non-hydrogen) atoms. The van der Waals surface area contributed by atoms with Crippen LogP contribution in [0.4, 0.5) is 0 Å². The Morgan fingerprint density at radius 1 is 1.72 bits per heavy atom. The Morgan fingerprint density at radius 2 is 2.28 bits per heavy atom. The average molecular weight is 293 g/mol. The molecule has 8 heteroatoms. The van der Waals surface area contributed by atoms with Gasteiger partial charge in [-0.25, -0.2) is 0 Å². The quantitative estimate of drug-likeness (QED) is 0.797. The third-order valence-corrected chi connectivity index (χ3v) is 4.41. The number of nitrogens with two attached hydrogens (primary N) is 1. The van der Waals surface area contributed by atoms with Crippen molar-refractivity contribution in [2.75, 3.05) is 0 Å². The lowest BCUT2D eigenvalue weighted by Crippen LogP contribution is -2.51. The van der Waals surface area contributed by atoms with Crippen LogP contribution >= 0.6 is 11.6 Å². The SMILES string of the molecule is C[C@@H](NC(=O)C(C)(C)[S+](N)[O-])c1cnn(C)c1Cl. The van der Waals surface area contributed by atoms with E-state index in [2.05, 4.69) is 10.4 Å². The van der Waals surface area contributed by atoms with E-state index >= 15 is 0 Å². The van der Waals surface area contributed by atoms with Gasteiger partial charge in [0.2, 0.25) is 4.75 Å². The van der Waals surface area contributed by atoms with Crippen LogP contribution in [0.1, 0.15) is 32.4 Å². The summed E-state index contributed by atoms with van der Waals surface area (Å²) in [6, 6.07) is -0.332. The molecule has 6 nitrogen and oxygen atoms in total. The molecule has 0 aromatic carbocycles. The molecule has 1 aromatic heterocycles. The number of halogens is 1. The minimum absolute atomic E-state index is 0.332. The summed E-state index contributed by atoms with van der Waals surface area (Å²) in [6.07, 6.45) is 1.58. The number of aromatic nitrogens is 2. The number of aryl methyl sites for hydroxylation is 1. The van der Waals surface area contributed by atoms with Crippen molar-refractivity contribution >= 4 is 28.9 Å². The van der Waals surface area contributed by atoms with Crippen LogP contribution < -0.4 is 10.5 Å². The van der Waals surface area contributed by atoms with Gasteiger partial charge in [-0.3, -0.25) is 9.48 Å². The molecule has 0 aliphatic heterocycles. The zero-order valence-corrected chi connectivity index (χ0v) is 12.3. The predicted octanol–water partition coefficient (Wildman–Crippen LogP) is 0.652. The van der Waals surface area contributed by atoms with Crippen LogP contribution in [0.2, 0.25) is 5.15 Å². The van der Waals surface area contributed by atoms with E-state index in [0.717, 1.165) is 0 Å². The first-order valence-electron chi connectivity index (χ1n) is 5.32. The highest BCUT2D eigenvalue weighted by Crippen LogP contribution is 2.23. The molecule has 0 spiro atoms. The average Bonchev–Trinajstić information content (AvgIpc) is 2.59. The molecular formula is C10H17ClN4O2S. The summed E-state index contributed by atoms with van der Waals surface area (Å²) in [4.78, 5) is 12.0. The van der Waals surface area contributed by atoms with Crippen molar-refractivity contribution in [1.29, 1.82) is 0 Å². The lowest BCUT2D eigenvalue weighted by molar-refractivity contribution is -0.123. The van der Waals surface area contributed by atoms with Crippen molar-refractivity contribution in [1.82, 2.24) is 15.1 Å². The minimum Gasteiger partial charge on any atom is -0.597 e. The summed E-state index contributed by atoms with van der Waals surface area (Å²) < 4.78 is 11.6. The van der Waals surface area contributed by atoms with E-state index in [1.807, 2.05) is 0 Å². The summed E-state index contributed by atoms with van der Waals surface area (Å²) >= 11 is 4.28. The van der Waals surface area contributed by atoms with Crippen molar-refractivity contribution in [3.63, 3.8) is 0 Å². The summed E-state index contributed by atoms with van der Waals surface area (Å²) in [5.74, 6) is -0.393. The first-order chi connectivity index (χ1) is 8.17. The molecule has 2 atom stereocenters. The maximum absolute atomic E-state index is 12.0. The molecule has 3 N–H and O–H groups in total. The van der Waals surface area contributed by atoms with Gasteiger partial charge in [0.1, 0.15) is 5.15 Å². The number of hydrogen-bond donors (Lipinski definition) is 2. The van der Waals surface area contributed by atoms with Crippen molar-refractivity contribution in [3.05, 3.63) is 16.9 Å². The van der Waals surface area contributed by atoms with E-state index in [1.165, 1.54) is 18.5 Å². The molecule has 0 aliphatic rings. The largest absolute Gasteiger partial charge is 0.597 e. The summed E-state index contributed by atoms with van der Waals surface area (Å²) in [6.45, 7) is 4.82. The lowest BCUT2D eigenvalue weighted by atomic mass is 10.1. The van der Waals surface area contributed by atoms with Crippen LogP contribution in [0.25, 0.3) is 0 Å². The molecule has 0 aliphatic carbocycles. The molecular weight excluding hydrogens is 276 g/mol. The van der Waals surface area contributed by atoms with E-state index < -0.39 is 22.0 Å². The Hall–Kier alpha value is -0.760. The second-order valence-corrected chi connectivity index (χ2v) is 6.49. The maximum Gasteiger partial charge on any atom is 0.278 e. The molecule has 1 heterocycles. The number of rotatable bonds is 4. The fourth-order valence-electron chi connectivity index (χ4n) is 1.27. The Balaban J connectivity index is 2.80. The number of hydrogen-bond acceptors (Lipinski definition) is 4. The lowest BCUT2D eigenvalue weighted by Gasteiger charge is -2.25. The van der Waals surface area contributed by atoms with Crippen LogP contribution in [-0.2, 0) is 23.2 Å².